The molecule has 0 atom stereocenters. The van der Waals surface area contributed by atoms with E-state index in [0.29, 0.717) is 22.3 Å². The van der Waals surface area contributed by atoms with E-state index in [9.17, 15) is 29.7 Å². The highest BCUT2D eigenvalue weighted by atomic mass is 16.6. The number of nitrogens with zero attached hydrogens (tertiary/aromatic N) is 2. The van der Waals surface area contributed by atoms with Crippen LogP contribution < -0.4 is 39.1 Å². The van der Waals surface area contributed by atoms with Crippen molar-refractivity contribution in [3.05, 3.63) is 81.9 Å². The molecule has 14 heteroatoms. The molecule has 0 aliphatic heterocycles. The zero-order chi connectivity index (χ0) is 36.8. The Morgan fingerprint density at radius 2 is 1.14 bits per heavy atom. The normalized spacial score (nSPS) is 10.9. The van der Waals surface area contributed by atoms with Crippen molar-refractivity contribution < 1.29 is 47.6 Å². The van der Waals surface area contributed by atoms with E-state index in [1.807, 2.05) is 12.1 Å². The van der Waals surface area contributed by atoms with Gasteiger partial charge in [0.2, 0.25) is 11.5 Å². The van der Waals surface area contributed by atoms with Gasteiger partial charge in [-0.05, 0) is 53.1 Å². The number of esters is 2. The Morgan fingerprint density at radius 3 is 1.60 bits per heavy atom. The van der Waals surface area contributed by atoms with Gasteiger partial charge in [-0.3, -0.25) is 19.2 Å². The summed E-state index contributed by atoms with van der Waals surface area (Å²) in [5, 5.41) is 24.8. The first-order valence-corrected chi connectivity index (χ1v) is 14.7. The zero-order valence-corrected chi connectivity index (χ0v) is 28.2. The molecule has 0 aliphatic rings. The van der Waals surface area contributed by atoms with Crippen molar-refractivity contribution in [2.24, 2.45) is 0 Å². The number of hydrogen-bond acceptors (Lipinski definition) is 12. The van der Waals surface area contributed by atoms with Gasteiger partial charge in [-0.25, -0.2) is 0 Å². The van der Waals surface area contributed by atoms with Crippen LogP contribution in [0.1, 0.15) is 36.1 Å². The van der Waals surface area contributed by atoms with Crippen LogP contribution in [0.2, 0.25) is 0 Å². The summed E-state index contributed by atoms with van der Waals surface area (Å²) in [4.78, 5) is 49.0. The Labute approximate surface area is 288 Å². The van der Waals surface area contributed by atoms with Gasteiger partial charge in [0.15, 0.2) is 23.0 Å². The summed E-state index contributed by atoms with van der Waals surface area (Å²) >= 11 is 0. The maximum absolute atomic E-state index is 13.0. The van der Waals surface area contributed by atoms with Gasteiger partial charge in [-0.1, -0.05) is 24.3 Å². The topological polar surface area (TPSA) is 195 Å². The molecule has 0 radical (unpaired) electrons. The molecule has 0 aliphatic carbocycles. The van der Waals surface area contributed by atoms with Crippen LogP contribution >= 0.6 is 0 Å². The molecule has 50 heavy (non-hydrogen) atoms. The summed E-state index contributed by atoms with van der Waals surface area (Å²) < 4.78 is 31.6. The van der Waals surface area contributed by atoms with E-state index < -0.39 is 23.8 Å². The second-order valence-corrected chi connectivity index (χ2v) is 10.2. The summed E-state index contributed by atoms with van der Waals surface area (Å²) in [6.45, 7) is 2.55. The van der Waals surface area contributed by atoms with E-state index in [4.69, 9.17) is 28.4 Å². The van der Waals surface area contributed by atoms with Gasteiger partial charge < -0.3 is 39.1 Å². The fourth-order valence-corrected chi connectivity index (χ4v) is 4.54. The molecule has 2 amide bonds. The van der Waals surface area contributed by atoms with Gasteiger partial charge >= 0.3 is 11.9 Å². The Bertz CT molecular complexity index is 1910. The van der Waals surface area contributed by atoms with E-state index in [2.05, 4.69) is 10.6 Å². The molecule has 0 fully saturated rings. The van der Waals surface area contributed by atoms with Crippen molar-refractivity contribution in [3.8, 4) is 46.6 Å². The number of nitriles is 2. The van der Waals surface area contributed by atoms with E-state index in [1.54, 1.807) is 30.3 Å². The standard InChI is InChI=1S/C36H34N4O10/c1-21(41)49-33-30(46-4)14-25(15-31(33)47-5)13-27(17-37)35(43)39-19-23-8-7-9-24(12-23)20-40-36(44)28(18-38)16-26-10-11-29(45-3)34(32(26)48-6)50-22(2)42/h7-16H,19-20H2,1-6H3,(H,39,43)(H,40,44)/b27-13-,28-16-. The lowest BCUT2D eigenvalue weighted by Crippen LogP contribution is -2.25. The average molecular weight is 683 g/mol. The molecule has 0 spiro atoms. The highest BCUT2D eigenvalue weighted by Crippen LogP contribution is 2.41. The van der Waals surface area contributed by atoms with Gasteiger partial charge in [0, 0.05) is 32.5 Å². The first kappa shape index (κ1) is 37.7. The third-order valence-electron chi connectivity index (χ3n) is 6.74. The Hall–Kier alpha value is -6.80. The number of carbonyl (C=O) groups excluding carboxylic acids is 4. The van der Waals surface area contributed by atoms with Gasteiger partial charge in [-0.2, -0.15) is 10.5 Å². The number of rotatable bonds is 14. The molecule has 3 aromatic carbocycles. The number of ether oxygens (including phenoxy) is 6. The van der Waals surface area contributed by atoms with Crippen LogP contribution in [0.5, 0.6) is 34.5 Å². The van der Waals surface area contributed by atoms with Crippen molar-refractivity contribution in [1.29, 1.82) is 10.5 Å². The number of carbonyl (C=O) groups is 4. The van der Waals surface area contributed by atoms with E-state index in [0.717, 1.165) is 0 Å². The highest BCUT2D eigenvalue weighted by molar-refractivity contribution is 6.02. The minimum Gasteiger partial charge on any atom is -0.493 e. The molecule has 0 saturated carbocycles. The molecule has 14 nitrogen and oxygen atoms in total. The van der Waals surface area contributed by atoms with Gasteiger partial charge in [0.05, 0.1) is 28.4 Å². The third kappa shape index (κ3) is 9.85. The second kappa shape index (κ2) is 17.9. The van der Waals surface area contributed by atoms with Crippen LogP contribution in [-0.2, 0) is 32.3 Å². The lowest BCUT2D eigenvalue weighted by molar-refractivity contribution is -0.133. The smallest absolute Gasteiger partial charge is 0.308 e. The number of amides is 2. The molecule has 3 aromatic rings. The first-order valence-electron chi connectivity index (χ1n) is 14.7. The fraction of sp³-hybridized carbons (Fsp3) is 0.222. The summed E-state index contributed by atoms with van der Waals surface area (Å²) in [6, 6.07) is 16.8. The number of hydrogen-bond donors (Lipinski definition) is 2. The third-order valence-corrected chi connectivity index (χ3v) is 6.74. The minimum atomic E-state index is -0.670. The molecule has 2 N–H and O–H groups in total. The SMILES string of the molecule is COc1cc(/C=C(/C#N)C(=O)NCc2cccc(CNC(=O)/C(C#N)=C\c3ccc(OC)c(OC(C)=O)c3OC)c2)cc(OC)c1OC(C)=O. The minimum absolute atomic E-state index is 0.00519. The summed E-state index contributed by atoms with van der Waals surface area (Å²) in [5.41, 5.74) is 1.59. The highest BCUT2D eigenvalue weighted by Gasteiger charge is 2.20. The predicted molar refractivity (Wildman–Crippen MR) is 179 cm³/mol. The summed E-state index contributed by atoms with van der Waals surface area (Å²) in [7, 11) is 5.48. The molecular weight excluding hydrogens is 648 g/mol. The van der Waals surface area contributed by atoms with E-state index in [1.165, 1.54) is 72.6 Å². The predicted octanol–water partition coefficient (Wildman–Crippen LogP) is 4.02. The van der Waals surface area contributed by atoms with Crippen molar-refractivity contribution in [1.82, 2.24) is 10.6 Å². The number of methoxy groups -OCH3 is 4. The molecule has 0 saturated heterocycles. The van der Waals surface area contributed by atoms with Crippen LogP contribution in [0.15, 0.2) is 59.7 Å². The van der Waals surface area contributed by atoms with Crippen molar-refractivity contribution in [3.63, 3.8) is 0 Å². The summed E-state index contributed by atoms with van der Waals surface area (Å²) in [6.07, 6.45) is 2.64. The van der Waals surface area contributed by atoms with E-state index in [-0.39, 0.29) is 58.7 Å². The largest absolute Gasteiger partial charge is 0.493 e. The first-order chi connectivity index (χ1) is 24.0. The monoisotopic (exact) mass is 682 g/mol. The lowest BCUT2D eigenvalue weighted by atomic mass is 10.1. The molecular formula is C36H34N4O10. The Morgan fingerprint density at radius 1 is 0.640 bits per heavy atom. The van der Waals surface area contributed by atoms with Gasteiger partial charge in [-0.15, -0.1) is 0 Å². The van der Waals surface area contributed by atoms with Gasteiger partial charge in [0.1, 0.15) is 23.3 Å². The number of benzene rings is 3. The van der Waals surface area contributed by atoms with Crippen LogP contribution in [0.4, 0.5) is 0 Å². The fourth-order valence-electron chi connectivity index (χ4n) is 4.54. The van der Waals surface area contributed by atoms with Crippen molar-refractivity contribution >= 4 is 35.9 Å². The average Bonchev–Trinajstić information content (AvgIpc) is 3.10. The number of nitrogens with one attached hydrogen (secondary N) is 2. The molecule has 0 heterocycles. The quantitative estimate of drug-likeness (QED) is 0.107. The maximum atomic E-state index is 13.0. The van der Waals surface area contributed by atoms with Gasteiger partial charge in [0.25, 0.3) is 11.8 Å². The van der Waals surface area contributed by atoms with Crippen LogP contribution in [0.3, 0.4) is 0 Å². The lowest BCUT2D eigenvalue weighted by Gasteiger charge is -2.14. The van der Waals surface area contributed by atoms with Crippen molar-refractivity contribution in [2.75, 3.05) is 28.4 Å². The molecule has 3 rings (SSSR count). The van der Waals surface area contributed by atoms with Crippen LogP contribution in [0, 0.1) is 22.7 Å². The Balaban J connectivity index is 1.72. The summed E-state index contributed by atoms with van der Waals surface area (Å²) in [5.74, 6) is -1.80. The van der Waals surface area contributed by atoms with Crippen LogP contribution in [-0.4, -0.2) is 52.2 Å². The molecule has 258 valence electrons. The maximum Gasteiger partial charge on any atom is 0.308 e. The van der Waals surface area contributed by atoms with Crippen molar-refractivity contribution in [2.45, 2.75) is 26.9 Å². The molecule has 0 unspecified atom stereocenters. The Kier molecular flexibility index (Phi) is 13.5. The van der Waals surface area contributed by atoms with E-state index >= 15 is 0 Å². The molecule has 0 aromatic heterocycles. The second-order valence-electron chi connectivity index (χ2n) is 10.2. The van der Waals surface area contributed by atoms with Crippen LogP contribution in [0.25, 0.3) is 12.2 Å². The molecule has 0 bridgehead atoms. The zero-order valence-electron chi connectivity index (χ0n) is 28.2.